The summed E-state index contributed by atoms with van der Waals surface area (Å²) in [5, 5.41) is 2.30. The van der Waals surface area contributed by atoms with Gasteiger partial charge in [0.15, 0.2) is 0 Å². The summed E-state index contributed by atoms with van der Waals surface area (Å²) in [6, 6.07) is 3.33. The molecule has 3 N–H and O–H groups in total. The zero-order valence-corrected chi connectivity index (χ0v) is 9.91. The van der Waals surface area contributed by atoms with Crippen LogP contribution in [0.25, 0.3) is 0 Å². The second kappa shape index (κ2) is 4.08. The third kappa shape index (κ3) is 2.08. The van der Waals surface area contributed by atoms with Gasteiger partial charge in [-0.1, -0.05) is 6.07 Å². The number of aryl methyl sites for hydroxylation is 2. The number of carbonyl (C=O) groups is 2. The fourth-order valence-corrected chi connectivity index (χ4v) is 1.94. The molecule has 0 aromatic heterocycles. The van der Waals surface area contributed by atoms with E-state index in [1.165, 1.54) is 0 Å². The van der Waals surface area contributed by atoms with Gasteiger partial charge in [-0.15, -0.1) is 0 Å². The zero-order valence-electron chi connectivity index (χ0n) is 9.91. The molecule has 2 rings (SSSR count). The van der Waals surface area contributed by atoms with Crippen LogP contribution in [0.3, 0.4) is 0 Å². The average molecular weight is 233 g/mol. The van der Waals surface area contributed by atoms with E-state index in [2.05, 4.69) is 5.32 Å². The molecule has 0 radical (unpaired) electrons. The molecule has 0 aliphatic carbocycles. The van der Waals surface area contributed by atoms with Gasteiger partial charge < -0.3 is 5.73 Å². The molecule has 1 saturated heterocycles. The molecule has 1 fully saturated rings. The molecule has 0 unspecified atom stereocenters. The largest absolute Gasteiger partial charge is 0.398 e. The Kier molecular flexibility index (Phi) is 2.75. The van der Waals surface area contributed by atoms with E-state index in [0.29, 0.717) is 18.7 Å². The Balaban J connectivity index is 2.37. The number of hydrogen-bond acceptors (Lipinski definition) is 3. The Morgan fingerprint density at radius 1 is 1.24 bits per heavy atom. The van der Waals surface area contributed by atoms with Gasteiger partial charge in [0.25, 0.3) is 0 Å². The fraction of sp³-hybridized carbons (Fsp3) is 0.333. The lowest BCUT2D eigenvalue weighted by Gasteiger charge is -2.28. The molecule has 0 spiro atoms. The topological polar surface area (TPSA) is 75.4 Å². The summed E-state index contributed by atoms with van der Waals surface area (Å²) >= 11 is 0. The Hall–Kier alpha value is -2.04. The van der Waals surface area contributed by atoms with Crippen LogP contribution < -0.4 is 16.0 Å². The summed E-state index contributed by atoms with van der Waals surface area (Å²) in [6.45, 7) is 4.24. The van der Waals surface area contributed by atoms with Gasteiger partial charge >= 0.3 is 6.03 Å². The lowest BCUT2D eigenvalue weighted by Crippen LogP contribution is -2.49. The van der Waals surface area contributed by atoms with Crippen molar-refractivity contribution in [2.45, 2.75) is 20.3 Å². The smallest absolute Gasteiger partial charge is 0.328 e. The Morgan fingerprint density at radius 2 is 1.94 bits per heavy atom. The number of nitrogens with one attached hydrogen (secondary N) is 1. The average Bonchev–Trinajstić information content (AvgIpc) is 2.24. The van der Waals surface area contributed by atoms with E-state index in [4.69, 9.17) is 5.73 Å². The van der Waals surface area contributed by atoms with Crippen molar-refractivity contribution >= 4 is 23.3 Å². The van der Waals surface area contributed by atoms with Crippen LogP contribution >= 0.6 is 0 Å². The number of hydrogen-bond donors (Lipinski definition) is 2. The van der Waals surface area contributed by atoms with E-state index in [1.807, 2.05) is 19.9 Å². The fourth-order valence-electron chi connectivity index (χ4n) is 1.94. The molecular formula is C12H15N3O2. The number of carbonyl (C=O) groups excluding carboxylic acids is 2. The van der Waals surface area contributed by atoms with Crippen molar-refractivity contribution < 1.29 is 9.59 Å². The number of anilines is 2. The maximum atomic E-state index is 11.7. The number of urea groups is 1. The highest BCUT2D eigenvalue weighted by molar-refractivity contribution is 6.06. The van der Waals surface area contributed by atoms with Crippen molar-refractivity contribution in [1.29, 1.82) is 0 Å². The normalized spacial score (nSPS) is 16.0. The lowest BCUT2D eigenvalue weighted by atomic mass is 10.1. The van der Waals surface area contributed by atoms with E-state index in [0.717, 1.165) is 16.8 Å². The summed E-state index contributed by atoms with van der Waals surface area (Å²) in [5.74, 6) is -0.232. The third-order valence-corrected chi connectivity index (χ3v) is 2.93. The molecule has 0 bridgehead atoms. The molecule has 1 aromatic rings. The highest BCUT2D eigenvalue weighted by Crippen LogP contribution is 2.27. The van der Waals surface area contributed by atoms with Crippen LogP contribution in [0.1, 0.15) is 17.5 Å². The van der Waals surface area contributed by atoms with Crippen molar-refractivity contribution in [3.05, 3.63) is 23.3 Å². The second-order valence-electron chi connectivity index (χ2n) is 4.25. The van der Waals surface area contributed by atoms with E-state index < -0.39 is 0 Å². The van der Waals surface area contributed by atoms with Crippen molar-refractivity contribution in [3.8, 4) is 0 Å². The van der Waals surface area contributed by atoms with E-state index >= 15 is 0 Å². The van der Waals surface area contributed by atoms with Crippen LogP contribution in [0.5, 0.6) is 0 Å². The number of nitrogen functional groups attached to an aromatic ring is 1. The molecule has 90 valence electrons. The molecular weight excluding hydrogens is 218 g/mol. The zero-order chi connectivity index (χ0) is 12.6. The number of nitrogens with two attached hydrogens (primary N) is 1. The van der Waals surface area contributed by atoms with Gasteiger partial charge in [-0.05, 0) is 31.0 Å². The van der Waals surface area contributed by atoms with Crippen LogP contribution in [0, 0.1) is 13.8 Å². The monoisotopic (exact) mass is 233 g/mol. The molecule has 1 aliphatic heterocycles. The summed E-state index contributed by atoms with van der Waals surface area (Å²) in [7, 11) is 0. The van der Waals surface area contributed by atoms with Crippen LogP contribution in [0.4, 0.5) is 16.2 Å². The van der Waals surface area contributed by atoms with Gasteiger partial charge in [0, 0.05) is 18.7 Å². The Bertz CT molecular complexity index is 497. The third-order valence-electron chi connectivity index (χ3n) is 2.93. The molecule has 0 saturated carbocycles. The minimum absolute atomic E-state index is 0.232. The van der Waals surface area contributed by atoms with Gasteiger partial charge in [0.05, 0.1) is 5.69 Å². The number of amides is 3. The molecule has 1 aliphatic rings. The van der Waals surface area contributed by atoms with Crippen molar-refractivity contribution in [2.75, 3.05) is 17.2 Å². The molecule has 17 heavy (non-hydrogen) atoms. The van der Waals surface area contributed by atoms with Crippen molar-refractivity contribution in [1.82, 2.24) is 5.32 Å². The number of rotatable bonds is 1. The van der Waals surface area contributed by atoms with E-state index in [1.54, 1.807) is 11.0 Å². The Labute approximate surface area is 99.6 Å². The van der Waals surface area contributed by atoms with Gasteiger partial charge in [-0.3, -0.25) is 15.0 Å². The van der Waals surface area contributed by atoms with Gasteiger partial charge in [0.2, 0.25) is 5.91 Å². The van der Waals surface area contributed by atoms with Crippen LogP contribution in [-0.4, -0.2) is 18.5 Å². The minimum atomic E-state index is -0.382. The van der Waals surface area contributed by atoms with Crippen molar-refractivity contribution in [2.24, 2.45) is 0 Å². The molecule has 1 heterocycles. The summed E-state index contributed by atoms with van der Waals surface area (Å²) in [4.78, 5) is 24.3. The van der Waals surface area contributed by atoms with Crippen LogP contribution in [0.15, 0.2) is 12.1 Å². The van der Waals surface area contributed by atoms with Gasteiger partial charge in [-0.25, -0.2) is 4.79 Å². The number of imide groups is 1. The van der Waals surface area contributed by atoms with Gasteiger partial charge in [-0.2, -0.15) is 0 Å². The quantitative estimate of drug-likeness (QED) is 0.718. The highest BCUT2D eigenvalue weighted by Gasteiger charge is 2.25. The molecule has 3 amide bonds. The first-order valence-corrected chi connectivity index (χ1v) is 5.47. The van der Waals surface area contributed by atoms with Crippen LogP contribution in [-0.2, 0) is 4.79 Å². The Morgan fingerprint density at radius 3 is 2.59 bits per heavy atom. The summed E-state index contributed by atoms with van der Waals surface area (Å²) in [5.41, 5.74) is 9.21. The minimum Gasteiger partial charge on any atom is -0.398 e. The summed E-state index contributed by atoms with van der Waals surface area (Å²) in [6.07, 6.45) is 0.318. The standard InChI is InChI=1S/C12H15N3O2/c1-7-5-8(2)10(6-9(7)13)15-4-3-11(16)14-12(15)17/h5-6H,3-4,13H2,1-2H3,(H,14,16,17). The second-order valence-corrected chi connectivity index (χ2v) is 4.25. The number of benzene rings is 1. The molecule has 1 aromatic carbocycles. The lowest BCUT2D eigenvalue weighted by molar-refractivity contribution is -0.120. The number of nitrogens with zero attached hydrogens (tertiary/aromatic N) is 1. The van der Waals surface area contributed by atoms with E-state index in [9.17, 15) is 9.59 Å². The first-order chi connectivity index (χ1) is 7.99. The molecule has 0 atom stereocenters. The predicted octanol–water partition coefficient (Wildman–Crippen LogP) is 1.33. The van der Waals surface area contributed by atoms with E-state index in [-0.39, 0.29) is 11.9 Å². The first-order valence-electron chi connectivity index (χ1n) is 5.47. The predicted molar refractivity (Wildman–Crippen MR) is 65.8 cm³/mol. The molecule has 5 heteroatoms. The summed E-state index contributed by atoms with van der Waals surface area (Å²) < 4.78 is 0. The van der Waals surface area contributed by atoms with Gasteiger partial charge in [0.1, 0.15) is 0 Å². The maximum Gasteiger partial charge on any atom is 0.328 e. The maximum absolute atomic E-state index is 11.7. The van der Waals surface area contributed by atoms with Crippen molar-refractivity contribution in [3.63, 3.8) is 0 Å². The SMILES string of the molecule is Cc1cc(C)c(N2CCC(=O)NC2=O)cc1N. The first kappa shape index (κ1) is 11.4. The highest BCUT2D eigenvalue weighted by atomic mass is 16.2. The molecule has 5 nitrogen and oxygen atoms in total. The van der Waals surface area contributed by atoms with Crippen LogP contribution in [0.2, 0.25) is 0 Å².